The van der Waals surface area contributed by atoms with E-state index in [0.29, 0.717) is 17.5 Å². The summed E-state index contributed by atoms with van der Waals surface area (Å²) in [6.07, 6.45) is 0. The second-order valence-corrected chi connectivity index (χ2v) is 13.6. The van der Waals surface area contributed by atoms with Crippen molar-refractivity contribution in [2.75, 3.05) is 0 Å². The van der Waals surface area contributed by atoms with Crippen LogP contribution in [-0.2, 0) is 0 Å². The maximum Gasteiger partial charge on any atom is 0.164 e. The minimum absolute atomic E-state index is 0.614. The van der Waals surface area contributed by atoms with Gasteiger partial charge in [0.05, 0.1) is 11.0 Å². The summed E-state index contributed by atoms with van der Waals surface area (Å²) in [5, 5.41) is 2.47. The highest BCUT2D eigenvalue weighted by Gasteiger charge is 2.20. The van der Waals surface area contributed by atoms with E-state index >= 15 is 0 Å². The molecule has 2 heterocycles. The molecular formula is C51H34N4. The van der Waals surface area contributed by atoms with Crippen LogP contribution in [0, 0.1) is 0 Å². The van der Waals surface area contributed by atoms with E-state index in [-0.39, 0.29) is 0 Å². The Kier molecular flexibility index (Phi) is 8.12. The normalized spacial score (nSPS) is 11.3. The van der Waals surface area contributed by atoms with Crippen LogP contribution in [0.1, 0.15) is 0 Å². The van der Waals surface area contributed by atoms with Gasteiger partial charge in [-0.25, -0.2) is 15.0 Å². The minimum atomic E-state index is 0.614. The maximum absolute atomic E-state index is 5.30. The number of para-hydroxylation sites is 2. The van der Waals surface area contributed by atoms with Crippen molar-refractivity contribution < 1.29 is 0 Å². The lowest BCUT2D eigenvalue weighted by Crippen LogP contribution is -2.03. The van der Waals surface area contributed by atoms with Crippen molar-refractivity contribution in [1.29, 1.82) is 0 Å². The summed E-state index contributed by atoms with van der Waals surface area (Å²) in [4.78, 5) is 15.9. The Hall–Kier alpha value is -7.43. The van der Waals surface area contributed by atoms with Gasteiger partial charge in [-0.2, -0.15) is 0 Å². The van der Waals surface area contributed by atoms with E-state index in [0.717, 1.165) is 55.8 Å². The van der Waals surface area contributed by atoms with Gasteiger partial charge in [0, 0.05) is 33.2 Å². The van der Waals surface area contributed by atoms with Crippen LogP contribution in [-0.4, -0.2) is 19.5 Å². The van der Waals surface area contributed by atoms with E-state index in [1.165, 1.54) is 21.8 Å². The molecular weight excluding hydrogens is 669 g/mol. The second-order valence-electron chi connectivity index (χ2n) is 13.6. The van der Waals surface area contributed by atoms with Crippen molar-refractivity contribution >= 4 is 21.8 Å². The van der Waals surface area contributed by atoms with E-state index in [9.17, 15) is 0 Å². The van der Waals surface area contributed by atoms with E-state index in [4.69, 9.17) is 15.0 Å². The van der Waals surface area contributed by atoms with E-state index in [2.05, 4.69) is 199 Å². The van der Waals surface area contributed by atoms with Crippen molar-refractivity contribution in [3.05, 3.63) is 206 Å². The predicted octanol–water partition coefficient (Wildman–Crippen LogP) is 13.0. The first-order valence-electron chi connectivity index (χ1n) is 18.5. The molecule has 0 unspecified atom stereocenters. The Labute approximate surface area is 319 Å². The van der Waals surface area contributed by atoms with Crippen LogP contribution in [0.5, 0.6) is 0 Å². The molecule has 0 saturated heterocycles. The molecule has 0 aliphatic rings. The highest BCUT2D eigenvalue weighted by Crippen LogP contribution is 2.39. The lowest BCUT2D eigenvalue weighted by atomic mass is 9.97. The molecule has 0 bridgehead atoms. The number of rotatable bonds is 7. The smallest absolute Gasteiger partial charge is 0.164 e. The molecule has 0 atom stereocenters. The van der Waals surface area contributed by atoms with Gasteiger partial charge in [0.1, 0.15) is 0 Å². The SMILES string of the molecule is c1ccc(-c2ccccc2-c2nc(-c3ccccc3-c3ccccc3)nc(-c3ccccc3-c3cccc(-n4c5ccccc5c5ccccc54)c3)n2)cc1. The van der Waals surface area contributed by atoms with Gasteiger partial charge in [0.25, 0.3) is 0 Å². The molecule has 4 nitrogen and oxygen atoms in total. The molecule has 0 amide bonds. The van der Waals surface area contributed by atoms with Gasteiger partial charge in [-0.1, -0.05) is 182 Å². The second kappa shape index (κ2) is 13.8. The molecule has 0 N–H and O–H groups in total. The van der Waals surface area contributed by atoms with E-state index in [1.807, 2.05) is 12.1 Å². The fraction of sp³-hybridized carbons (Fsp3) is 0. The number of fused-ring (bicyclic) bond motifs is 3. The largest absolute Gasteiger partial charge is 0.309 e. The minimum Gasteiger partial charge on any atom is -0.309 e. The summed E-state index contributed by atoms with van der Waals surface area (Å²) in [5.74, 6) is 1.86. The molecule has 8 aromatic carbocycles. The average molecular weight is 703 g/mol. The summed E-state index contributed by atoms with van der Waals surface area (Å²) in [7, 11) is 0. The Morgan fingerprint density at radius 1 is 0.273 bits per heavy atom. The summed E-state index contributed by atoms with van der Waals surface area (Å²) < 4.78 is 2.36. The zero-order chi connectivity index (χ0) is 36.6. The third-order valence-corrected chi connectivity index (χ3v) is 10.3. The zero-order valence-electron chi connectivity index (χ0n) is 29.9. The van der Waals surface area contributed by atoms with Crippen LogP contribution >= 0.6 is 0 Å². The molecule has 0 saturated carbocycles. The topological polar surface area (TPSA) is 43.6 Å². The first kappa shape index (κ1) is 32.2. The summed E-state index contributed by atoms with van der Waals surface area (Å²) in [5.41, 5.74) is 12.7. The molecule has 10 aromatic rings. The molecule has 0 radical (unpaired) electrons. The molecule has 55 heavy (non-hydrogen) atoms. The van der Waals surface area contributed by atoms with Crippen LogP contribution in [0.3, 0.4) is 0 Å². The quantitative estimate of drug-likeness (QED) is 0.166. The Morgan fingerprint density at radius 3 is 1.07 bits per heavy atom. The summed E-state index contributed by atoms with van der Waals surface area (Å²) in [6.45, 7) is 0. The van der Waals surface area contributed by atoms with Crippen LogP contribution < -0.4 is 0 Å². The fourth-order valence-corrected chi connectivity index (χ4v) is 7.78. The van der Waals surface area contributed by atoms with Crippen LogP contribution in [0.2, 0.25) is 0 Å². The fourth-order valence-electron chi connectivity index (χ4n) is 7.78. The standard InChI is InChI=1S/C51H34N4/c1-3-18-35(19-4-1)39-24-7-10-29-44(39)49-52-50(45-30-11-8-25-40(45)36-20-5-2-6-21-36)54-51(53-49)46-31-12-9-26-41(46)37-22-17-23-38(34-37)55-47-32-15-13-27-42(47)43-28-14-16-33-48(43)55/h1-34H. The Morgan fingerprint density at radius 2 is 0.618 bits per heavy atom. The first-order chi connectivity index (χ1) is 27.3. The third kappa shape index (κ3) is 5.87. The maximum atomic E-state index is 5.30. The Bertz CT molecular complexity index is 2830. The first-order valence-corrected chi connectivity index (χ1v) is 18.5. The van der Waals surface area contributed by atoms with Crippen molar-refractivity contribution in [2.45, 2.75) is 0 Å². The van der Waals surface area contributed by atoms with Gasteiger partial charge in [0.15, 0.2) is 17.5 Å². The monoisotopic (exact) mass is 702 g/mol. The zero-order valence-corrected chi connectivity index (χ0v) is 29.9. The lowest BCUT2D eigenvalue weighted by molar-refractivity contribution is 1.07. The predicted molar refractivity (Wildman–Crippen MR) is 227 cm³/mol. The average Bonchev–Trinajstić information content (AvgIpc) is 3.61. The van der Waals surface area contributed by atoms with E-state index < -0.39 is 0 Å². The molecule has 0 fully saturated rings. The van der Waals surface area contributed by atoms with Gasteiger partial charge in [0.2, 0.25) is 0 Å². The summed E-state index contributed by atoms with van der Waals surface area (Å²) >= 11 is 0. The van der Waals surface area contributed by atoms with Crippen LogP contribution in [0.15, 0.2) is 206 Å². The lowest BCUT2D eigenvalue weighted by Gasteiger charge is -2.16. The van der Waals surface area contributed by atoms with Crippen molar-refractivity contribution in [1.82, 2.24) is 19.5 Å². The van der Waals surface area contributed by atoms with Crippen LogP contribution in [0.25, 0.3) is 95.0 Å². The molecule has 0 spiro atoms. The molecule has 4 heteroatoms. The van der Waals surface area contributed by atoms with Crippen molar-refractivity contribution in [3.8, 4) is 73.2 Å². The highest BCUT2D eigenvalue weighted by molar-refractivity contribution is 6.09. The molecule has 10 rings (SSSR count). The van der Waals surface area contributed by atoms with Crippen LogP contribution in [0.4, 0.5) is 0 Å². The number of hydrogen-bond acceptors (Lipinski definition) is 3. The molecule has 0 aliphatic heterocycles. The number of hydrogen-bond donors (Lipinski definition) is 0. The van der Waals surface area contributed by atoms with Gasteiger partial charge in [-0.15, -0.1) is 0 Å². The molecule has 2 aromatic heterocycles. The van der Waals surface area contributed by atoms with Gasteiger partial charge >= 0.3 is 0 Å². The van der Waals surface area contributed by atoms with Crippen molar-refractivity contribution in [2.24, 2.45) is 0 Å². The van der Waals surface area contributed by atoms with Gasteiger partial charge in [-0.05, 0) is 57.6 Å². The van der Waals surface area contributed by atoms with E-state index in [1.54, 1.807) is 0 Å². The number of aromatic nitrogens is 4. The van der Waals surface area contributed by atoms with Gasteiger partial charge in [-0.3, -0.25) is 0 Å². The molecule has 258 valence electrons. The van der Waals surface area contributed by atoms with Gasteiger partial charge < -0.3 is 4.57 Å². The highest BCUT2D eigenvalue weighted by atomic mass is 15.0. The number of nitrogens with zero attached hydrogens (tertiary/aromatic N) is 4. The summed E-state index contributed by atoms with van der Waals surface area (Å²) in [6, 6.07) is 72.1. The number of benzene rings is 8. The molecule has 0 aliphatic carbocycles. The third-order valence-electron chi connectivity index (χ3n) is 10.3. The van der Waals surface area contributed by atoms with Crippen molar-refractivity contribution in [3.63, 3.8) is 0 Å². The Balaban J connectivity index is 1.18.